The number of ketones is 1. The van der Waals surface area contributed by atoms with Crippen LogP contribution in [0.2, 0.25) is 0 Å². The number of carbonyl (C=O) groups excluding carboxylic acids is 4. The van der Waals surface area contributed by atoms with Crippen molar-refractivity contribution in [2.24, 2.45) is 17.8 Å². The minimum atomic E-state index is -1.40. The van der Waals surface area contributed by atoms with Gasteiger partial charge in [0.2, 0.25) is 5.91 Å². The van der Waals surface area contributed by atoms with Crippen molar-refractivity contribution in [2.75, 3.05) is 40.0 Å². The maximum atomic E-state index is 14.5. The lowest BCUT2D eigenvalue weighted by Crippen LogP contribution is -2.62. The summed E-state index contributed by atoms with van der Waals surface area (Å²) in [5.74, 6) is -3.84. The van der Waals surface area contributed by atoms with Gasteiger partial charge >= 0.3 is 12.1 Å². The number of anilines is 1. The molecule has 13 atom stereocenters. The number of carbonyl (C=O) groups is 4. The van der Waals surface area contributed by atoms with E-state index in [0.717, 1.165) is 5.56 Å². The van der Waals surface area contributed by atoms with Gasteiger partial charge in [-0.3, -0.25) is 24.0 Å². The number of methoxy groups -OCH3 is 1. The Hall–Kier alpha value is -4.16. The molecule has 4 heterocycles. The molecule has 17 nitrogen and oxygen atoms in total. The Balaban J connectivity index is 0.00000871. The minimum absolute atomic E-state index is 0. The standard InChI is InChI=1S/C45H71N7O10.5CH4/c1-13-36-45(9)39(51(43(57)62-45)20-15-14-19-50-25-34(47-48-50)32-17-16-18-33(46)22-32)30(6)52(31(7)53)24-26(2)23-44(8,58-12)40(28(4)37(54)29(5)41(56)60-36)61-42-38(55)35(49(10)11)21-27(3)59-42;;;;;/h16-18,22,25-30,35-36,38-40,42,55H,13-15,19-21,23-24,46H2,1-12H3;5*1H4/t26-,27?,28+,29-,30-,35?,36-,38?,39-,40-,42+,44-,45-;;;;;/m1...../s1. The molecule has 67 heavy (non-hydrogen) atoms. The second-order valence-electron chi connectivity index (χ2n) is 18.5. The van der Waals surface area contributed by atoms with Crippen LogP contribution in [0.4, 0.5) is 10.5 Å². The molecule has 2 aromatic rings. The molecule has 0 saturated carbocycles. The van der Waals surface area contributed by atoms with Crippen molar-refractivity contribution in [2.45, 2.75) is 198 Å². The van der Waals surface area contributed by atoms with E-state index >= 15 is 0 Å². The lowest BCUT2D eigenvalue weighted by Gasteiger charge is -2.47. The summed E-state index contributed by atoms with van der Waals surface area (Å²) < 4.78 is 33.3. The summed E-state index contributed by atoms with van der Waals surface area (Å²) in [6.07, 6.45) is -0.698. The number of unbranched alkanes of at least 4 members (excludes halogenated alkanes) is 1. The molecule has 1 aromatic heterocycles. The normalized spacial score (nSPS) is 32.6. The SMILES string of the molecule is C.C.C.C.C.CC[C@H]1OC(=O)[C@H](C)C(=O)[C@H](C)[C@@H](O[C@@H]2OC(C)CC(N(C)C)C2O)[C@](C)(OC)C[C@@H](C)CN(C(C)=O)[C@H](C)[C@H]2N(CCCCn3cc(-c4cccc(N)c4)nn3)C(=O)O[C@]12C. The molecule has 3 saturated heterocycles. The highest BCUT2D eigenvalue weighted by Crippen LogP contribution is 2.41. The molecule has 3 aliphatic heterocycles. The predicted molar refractivity (Wildman–Crippen MR) is 265 cm³/mol. The Morgan fingerprint density at radius 2 is 1.66 bits per heavy atom. The van der Waals surface area contributed by atoms with Crippen LogP contribution in [0.5, 0.6) is 0 Å². The first-order valence-electron chi connectivity index (χ1n) is 22.1. The van der Waals surface area contributed by atoms with Crippen LogP contribution in [0.25, 0.3) is 11.3 Å². The number of hydrogen-bond donors (Lipinski definition) is 2. The number of ether oxygens (including phenoxy) is 5. The average molecular weight is 950 g/mol. The summed E-state index contributed by atoms with van der Waals surface area (Å²) in [5.41, 5.74) is 5.59. The van der Waals surface area contributed by atoms with Gasteiger partial charge < -0.3 is 44.3 Å². The summed E-state index contributed by atoms with van der Waals surface area (Å²) in [6.45, 7) is 17.0. The highest BCUT2D eigenvalue weighted by molar-refractivity contribution is 6.00. The third-order valence-electron chi connectivity index (χ3n) is 13.4. The number of amides is 2. The van der Waals surface area contributed by atoms with Gasteiger partial charge in [-0.05, 0) is 98.9 Å². The second kappa shape index (κ2) is 26.0. The summed E-state index contributed by atoms with van der Waals surface area (Å²) in [7, 11) is 5.31. The highest BCUT2D eigenvalue weighted by atomic mass is 16.7. The number of esters is 1. The van der Waals surface area contributed by atoms with Gasteiger partial charge in [0.15, 0.2) is 17.7 Å². The minimum Gasteiger partial charge on any atom is -0.458 e. The number of nitrogens with zero attached hydrogens (tertiary/aromatic N) is 6. The Bertz CT molecular complexity index is 1880. The van der Waals surface area contributed by atoms with E-state index in [1.165, 1.54) is 13.8 Å². The number of likely N-dealkylation sites (N-methyl/N-ethyl adjacent to an activating group) is 1. The molecule has 0 bridgehead atoms. The fraction of sp³-hybridized carbons (Fsp3) is 0.760. The third kappa shape index (κ3) is 13.8. The van der Waals surface area contributed by atoms with Crippen molar-refractivity contribution in [3.05, 3.63) is 30.5 Å². The summed E-state index contributed by atoms with van der Waals surface area (Å²) in [4.78, 5) is 61.7. The number of aliphatic hydroxyl groups is 1. The number of aromatic nitrogens is 3. The zero-order valence-corrected chi connectivity index (χ0v) is 38.8. The van der Waals surface area contributed by atoms with Crippen LogP contribution in [0.15, 0.2) is 30.5 Å². The zero-order valence-electron chi connectivity index (χ0n) is 38.8. The maximum Gasteiger partial charge on any atom is 0.410 e. The van der Waals surface area contributed by atoms with Crippen LogP contribution in [0.3, 0.4) is 0 Å². The molecular formula is C50H91N7O10. The lowest BCUT2D eigenvalue weighted by atomic mass is 9.78. The number of rotatable bonds is 11. The summed E-state index contributed by atoms with van der Waals surface area (Å²) in [6, 6.07) is 5.82. The maximum absolute atomic E-state index is 14.5. The number of aryl methyl sites for hydroxylation is 1. The molecule has 0 radical (unpaired) electrons. The zero-order chi connectivity index (χ0) is 45.8. The van der Waals surface area contributed by atoms with Gasteiger partial charge in [-0.15, -0.1) is 5.10 Å². The van der Waals surface area contributed by atoms with E-state index in [-0.39, 0.29) is 74.1 Å². The predicted octanol–water partition coefficient (Wildman–Crippen LogP) is 7.72. The molecule has 3 aliphatic rings. The van der Waals surface area contributed by atoms with Crippen LogP contribution in [0.1, 0.15) is 132 Å². The molecule has 0 spiro atoms. The molecule has 3 fully saturated rings. The van der Waals surface area contributed by atoms with E-state index in [9.17, 15) is 24.3 Å². The van der Waals surface area contributed by atoms with Gasteiger partial charge in [0.25, 0.3) is 0 Å². The van der Waals surface area contributed by atoms with Crippen LogP contribution in [0, 0.1) is 17.8 Å². The van der Waals surface area contributed by atoms with Gasteiger partial charge in [0.05, 0.1) is 36.1 Å². The smallest absolute Gasteiger partial charge is 0.410 e. The van der Waals surface area contributed by atoms with Gasteiger partial charge in [0.1, 0.15) is 23.8 Å². The molecular weight excluding hydrogens is 859 g/mol. The number of hydrogen-bond acceptors (Lipinski definition) is 14. The van der Waals surface area contributed by atoms with Crippen molar-refractivity contribution in [3.63, 3.8) is 0 Å². The molecule has 3 unspecified atom stereocenters. The fourth-order valence-electron chi connectivity index (χ4n) is 10.0. The van der Waals surface area contributed by atoms with Crippen molar-refractivity contribution >= 4 is 29.4 Å². The molecule has 5 rings (SSSR count). The first-order chi connectivity index (χ1) is 29.1. The molecule has 1 aromatic carbocycles. The third-order valence-corrected chi connectivity index (χ3v) is 13.4. The second-order valence-corrected chi connectivity index (χ2v) is 18.5. The van der Waals surface area contributed by atoms with E-state index < -0.39 is 77.6 Å². The van der Waals surface area contributed by atoms with Gasteiger partial charge in [-0.2, -0.15) is 0 Å². The summed E-state index contributed by atoms with van der Waals surface area (Å²) >= 11 is 0. The van der Waals surface area contributed by atoms with Crippen LogP contribution in [-0.2, 0) is 44.6 Å². The van der Waals surface area contributed by atoms with Gasteiger partial charge in [-0.25, -0.2) is 4.79 Å². The number of cyclic esters (lactones) is 1. The number of benzene rings is 1. The first-order valence-corrected chi connectivity index (χ1v) is 22.1. The largest absolute Gasteiger partial charge is 0.458 e. The van der Waals surface area contributed by atoms with Gasteiger partial charge in [-0.1, -0.05) is 75.3 Å². The molecule has 2 amide bonds. The Kier molecular flexibility index (Phi) is 24.4. The number of nitrogen functional groups attached to an aromatic ring is 1. The van der Waals surface area contributed by atoms with Crippen LogP contribution >= 0.6 is 0 Å². The Morgan fingerprint density at radius 3 is 2.24 bits per heavy atom. The first kappa shape index (κ1) is 62.8. The number of Topliss-reactive ketones (excluding diaryl/α,β-unsaturated/α-hetero) is 1. The molecule has 3 N–H and O–H groups in total. The van der Waals surface area contributed by atoms with Crippen LogP contribution < -0.4 is 5.73 Å². The Morgan fingerprint density at radius 1 is 1.01 bits per heavy atom. The van der Waals surface area contributed by atoms with E-state index in [4.69, 9.17) is 29.4 Å². The van der Waals surface area contributed by atoms with Crippen molar-refractivity contribution in [1.29, 1.82) is 0 Å². The molecule has 17 heteroatoms. The quantitative estimate of drug-likeness (QED) is 0.0960. The molecule has 386 valence electrons. The van der Waals surface area contributed by atoms with E-state index in [1.807, 2.05) is 84.1 Å². The van der Waals surface area contributed by atoms with Crippen molar-refractivity contribution in [1.82, 2.24) is 29.7 Å². The number of fused-ring (bicyclic) bond motifs is 1. The molecule has 0 aliphatic carbocycles. The summed E-state index contributed by atoms with van der Waals surface area (Å²) in [5, 5.41) is 20.1. The number of nitrogens with two attached hydrogens (primary N) is 1. The van der Waals surface area contributed by atoms with E-state index in [0.29, 0.717) is 50.2 Å². The van der Waals surface area contributed by atoms with Crippen molar-refractivity contribution in [3.8, 4) is 11.3 Å². The highest BCUT2D eigenvalue weighted by Gasteiger charge is 2.60. The Labute approximate surface area is 403 Å². The van der Waals surface area contributed by atoms with Crippen LogP contribution in [-0.4, -0.2) is 153 Å². The van der Waals surface area contributed by atoms with E-state index in [1.54, 1.807) is 35.4 Å². The van der Waals surface area contributed by atoms with Gasteiger partial charge in [0, 0.05) is 56.9 Å². The van der Waals surface area contributed by atoms with Crippen molar-refractivity contribution < 1.29 is 48.0 Å². The fourth-order valence-corrected chi connectivity index (χ4v) is 10.0. The monoisotopic (exact) mass is 950 g/mol. The lowest BCUT2D eigenvalue weighted by molar-refractivity contribution is -0.295. The topological polar surface area (TPSA) is 201 Å². The number of aliphatic hydroxyl groups excluding tert-OH is 1. The van der Waals surface area contributed by atoms with E-state index in [2.05, 4.69) is 10.3 Å². The average Bonchev–Trinajstić information content (AvgIpc) is 3.80.